The largest absolute Gasteiger partial charge is 0.523 e. The summed E-state index contributed by atoms with van der Waals surface area (Å²) in [5.41, 5.74) is -21.4. The molecule has 0 aliphatic carbocycles. The number of halogens is 3. The van der Waals surface area contributed by atoms with Crippen molar-refractivity contribution in [2.45, 2.75) is 124 Å². The monoisotopic (exact) mass is 648 g/mol. The molecule has 0 aromatic heterocycles. The predicted molar refractivity (Wildman–Crippen MR) is 143 cm³/mol. The topological polar surface area (TPSA) is 202 Å². The van der Waals surface area contributed by atoms with E-state index in [0.29, 0.717) is 0 Å². The van der Waals surface area contributed by atoms with Crippen LogP contribution in [-0.2, 0) is 38.2 Å². The number of rotatable bonds is 8. The van der Waals surface area contributed by atoms with Gasteiger partial charge < -0.3 is 25.2 Å². The Bertz CT molecular complexity index is 1260. The molecular weight excluding hydrogens is 605 g/mol. The molecule has 0 aromatic rings. The summed E-state index contributed by atoms with van der Waals surface area (Å²) in [5.74, 6) is -10.8. The summed E-state index contributed by atoms with van der Waals surface area (Å²) in [7, 11) is -6.81. The molecule has 43 heavy (non-hydrogen) atoms. The first kappa shape index (κ1) is 39.2. The van der Waals surface area contributed by atoms with Crippen molar-refractivity contribution in [2.75, 3.05) is 0 Å². The first-order valence-electron chi connectivity index (χ1n) is 13.2. The maximum absolute atomic E-state index is 14.0. The van der Waals surface area contributed by atoms with Gasteiger partial charge in [0.1, 0.15) is 12.2 Å². The van der Waals surface area contributed by atoms with Crippen LogP contribution in [0.3, 0.4) is 0 Å². The number of hydrogen-bond acceptors (Lipinski definition) is 12. The van der Waals surface area contributed by atoms with Gasteiger partial charge in [-0.25, -0.2) is 4.18 Å². The molecule has 12 nitrogen and oxygen atoms in total. The van der Waals surface area contributed by atoms with Crippen molar-refractivity contribution in [1.29, 1.82) is 0 Å². The normalized spacial score (nSPS) is 29.2. The quantitative estimate of drug-likeness (QED) is 0.219. The van der Waals surface area contributed by atoms with Crippen LogP contribution in [0.5, 0.6) is 0 Å². The lowest BCUT2D eigenvalue weighted by Crippen LogP contribution is -2.77. The van der Waals surface area contributed by atoms with Gasteiger partial charge in [-0.1, -0.05) is 83.1 Å². The fourth-order valence-electron chi connectivity index (χ4n) is 4.58. The predicted octanol–water partition coefficient (Wildman–Crippen LogP) is 1.59. The Labute approximate surface area is 249 Å². The van der Waals surface area contributed by atoms with Gasteiger partial charge in [-0.3, -0.25) is 19.2 Å². The van der Waals surface area contributed by atoms with E-state index in [-0.39, 0.29) is 0 Å². The van der Waals surface area contributed by atoms with Crippen LogP contribution in [0.4, 0.5) is 13.2 Å². The molecule has 1 saturated heterocycles. The standard InChI is InChI=1S/C27H43F3O12S/c1-20(2,3)15(32)13(31)14(42-43(39,40)27(28,29)30)16-24(36,17(33)21(4,5)6)25(37,18(34)22(7,8)9)26(38,41-16)19(35)23(10,11)12/h14-16,32,36-38H,1-12H3/t14-,15?,16+,24-,25-,26+/m1/s1. The number of carbonyl (C=O) groups is 4. The van der Waals surface area contributed by atoms with E-state index in [9.17, 15) is 61.2 Å². The molecule has 1 unspecified atom stereocenters. The highest BCUT2D eigenvalue weighted by Gasteiger charge is 2.85. The molecule has 16 heteroatoms. The van der Waals surface area contributed by atoms with Gasteiger partial charge in [-0.15, -0.1) is 0 Å². The van der Waals surface area contributed by atoms with Crippen molar-refractivity contribution in [1.82, 2.24) is 0 Å². The smallest absolute Gasteiger partial charge is 0.385 e. The Balaban J connectivity index is 4.52. The Morgan fingerprint density at radius 1 is 0.744 bits per heavy atom. The molecule has 1 fully saturated rings. The number of aliphatic hydroxyl groups excluding tert-OH is 1. The number of ketones is 4. The molecule has 0 saturated carbocycles. The lowest BCUT2D eigenvalue weighted by atomic mass is 9.59. The lowest BCUT2D eigenvalue weighted by Gasteiger charge is -2.46. The van der Waals surface area contributed by atoms with Gasteiger partial charge in [0.15, 0.2) is 29.1 Å². The van der Waals surface area contributed by atoms with Crippen LogP contribution in [0.25, 0.3) is 0 Å². The highest BCUT2D eigenvalue weighted by atomic mass is 32.2. The molecule has 0 radical (unpaired) electrons. The van der Waals surface area contributed by atoms with Gasteiger partial charge >= 0.3 is 15.6 Å². The second-order valence-corrected chi connectivity index (χ2v) is 16.5. The van der Waals surface area contributed by atoms with E-state index in [4.69, 9.17) is 4.74 Å². The second-order valence-electron chi connectivity index (χ2n) is 15.0. The zero-order valence-electron chi connectivity index (χ0n) is 26.3. The molecule has 0 spiro atoms. The fraction of sp³-hybridized carbons (Fsp3) is 0.852. The number of hydrogen-bond donors (Lipinski definition) is 4. The molecule has 0 aromatic carbocycles. The molecule has 250 valence electrons. The van der Waals surface area contributed by atoms with Crippen molar-refractivity contribution in [3.05, 3.63) is 0 Å². The lowest BCUT2D eigenvalue weighted by molar-refractivity contribution is -0.259. The van der Waals surface area contributed by atoms with Crippen molar-refractivity contribution in [3.8, 4) is 0 Å². The third kappa shape index (κ3) is 6.47. The SMILES string of the molecule is CC(C)(C)C(=O)[C@]1(O)[C@](O)(C(=O)C(C)(C)C)O[C@@H]([C@H](OS(=O)(=O)C(F)(F)F)C(=O)C(O)C(C)(C)C)[C@@]1(O)C(=O)C(C)(C)C. The number of alkyl halides is 3. The summed E-state index contributed by atoms with van der Waals surface area (Å²) in [6, 6.07) is 0. The van der Waals surface area contributed by atoms with Gasteiger partial charge in [-0.05, 0) is 5.41 Å². The van der Waals surface area contributed by atoms with Gasteiger partial charge in [-0.2, -0.15) is 21.6 Å². The van der Waals surface area contributed by atoms with Crippen LogP contribution < -0.4 is 0 Å². The molecule has 1 heterocycles. The van der Waals surface area contributed by atoms with Gasteiger partial charge in [0.2, 0.25) is 11.4 Å². The van der Waals surface area contributed by atoms with Crippen molar-refractivity contribution in [3.63, 3.8) is 0 Å². The number of ether oxygens (including phenoxy) is 1. The molecular formula is C27H43F3O12S. The molecule has 6 atom stereocenters. The van der Waals surface area contributed by atoms with Crippen LogP contribution in [0, 0.1) is 21.7 Å². The first-order valence-corrected chi connectivity index (χ1v) is 14.6. The van der Waals surface area contributed by atoms with Crippen LogP contribution in [0.2, 0.25) is 0 Å². The van der Waals surface area contributed by atoms with E-state index in [1.807, 2.05) is 0 Å². The van der Waals surface area contributed by atoms with E-state index in [2.05, 4.69) is 4.18 Å². The molecule has 4 N–H and O–H groups in total. The molecule has 1 aliphatic heterocycles. The van der Waals surface area contributed by atoms with Crippen LogP contribution in [0.15, 0.2) is 0 Å². The minimum atomic E-state index is -6.81. The third-order valence-electron chi connectivity index (χ3n) is 6.94. The van der Waals surface area contributed by atoms with E-state index >= 15 is 0 Å². The van der Waals surface area contributed by atoms with Crippen molar-refractivity contribution >= 4 is 33.3 Å². The Morgan fingerprint density at radius 3 is 1.42 bits per heavy atom. The first-order chi connectivity index (χ1) is 18.5. The molecule has 1 rings (SSSR count). The summed E-state index contributed by atoms with van der Waals surface area (Å²) >= 11 is 0. The Kier molecular flexibility index (Phi) is 9.95. The van der Waals surface area contributed by atoms with E-state index in [1.165, 1.54) is 20.8 Å². The summed E-state index contributed by atoms with van der Waals surface area (Å²) in [4.78, 5) is 55.2. The molecule has 0 bridgehead atoms. The van der Waals surface area contributed by atoms with E-state index in [0.717, 1.165) is 62.3 Å². The average molecular weight is 649 g/mol. The van der Waals surface area contributed by atoms with Crippen molar-refractivity contribution < 1.29 is 70.1 Å². The maximum atomic E-state index is 14.0. The zero-order chi connectivity index (χ0) is 35.0. The zero-order valence-corrected chi connectivity index (χ0v) is 27.1. The summed E-state index contributed by atoms with van der Waals surface area (Å²) < 4.78 is 74.5. The Hall–Kier alpha value is -1.82. The van der Waals surface area contributed by atoms with Gasteiger partial charge in [0.05, 0.1) is 0 Å². The summed E-state index contributed by atoms with van der Waals surface area (Å²) in [6.45, 7) is 13.9. The Morgan fingerprint density at radius 2 is 1.12 bits per heavy atom. The highest BCUT2D eigenvalue weighted by molar-refractivity contribution is 7.87. The van der Waals surface area contributed by atoms with E-state index < -0.39 is 95.7 Å². The number of carbonyl (C=O) groups excluding carboxylic acids is 4. The minimum absolute atomic E-state index is 1.11. The number of aliphatic hydroxyl groups is 4. The average Bonchev–Trinajstić information content (AvgIpc) is 2.97. The van der Waals surface area contributed by atoms with Crippen LogP contribution >= 0.6 is 0 Å². The summed E-state index contributed by atoms with van der Waals surface area (Å²) in [5, 5.41) is 46.9. The van der Waals surface area contributed by atoms with Crippen LogP contribution in [-0.4, -0.2) is 92.8 Å². The highest BCUT2D eigenvalue weighted by Crippen LogP contribution is 2.55. The maximum Gasteiger partial charge on any atom is 0.523 e. The van der Waals surface area contributed by atoms with Crippen molar-refractivity contribution in [2.24, 2.45) is 21.7 Å². The summed E-state index contributed by atoms with van der Waals surface area (Å²) in [6.07, 6.45) is -8.91. The molecule has 0 amide bonds. The second kappa shape index (κ2) is 10.9. The molecule has 1 aliphatic rings. The van der Waals surface area contributed by atoms with Gasteiger partial charge in [0.25, 0.3) is 5.79 Å². The van der Waals surface area contributed by atoms with Gasteiger partial charge in [0, 0.05) is 16.2 Å². The number of Topliss-reactive ketones (excluding diaryl/α,β-unsaturated/α-hetero) is 4. The minimum Gasteiger partial charge on any atom is -0.385 e. The van der Waals surface area contributed by atoms with Crippen LogP contribution in [0.1, 0.15) is 83.1 Å². The third-order valence-corrected chi connectivity index (χ3v) is 7.96. The fourth-order valence-corrected chi connectivity index (χ4v) is 5.16. The van der Waals surface area contributed by atoms with E-state index in [1.54, 1.807) is 0 Å².